The number of ketones is 1. The number of hydrogen-bond donors (Lipinski definition) is 0. The lowest BCUT2D eigenvalue weighted by atomic mass is 10.1. The maximum atomic E-state index is 11.8. The second-order valence-corrected chi connectivity index (χ2v) is 4.62. The minimum atomic E-state index is 0.136. The van der Waals surface area contributed by atoms with Crippen molar-refractivity contribution in [2.45, 2.75) is 30.4 Å². The molecule has 1 aromatic heterocycles. The van der Waals surface area contributed by atoms with Crippen molar-refractivity contribution in [2.75, 3.05) is 0 Å². The van der Waals surface area contributed by atoms with Crippen LogP contribution in [0.4, 0.5) is 0 Å². The fraction of sp³-hybridized carbons (Fsp3) is 0.231. The molecule has 17 heavy (non-hydrogen) atoms. The van der Waals surface area contributed by atoms with Crippen LogP contribution >= 0.6 is 11.8 Å². The normalized spacial score (nSPS) is 10.5. The lowest BCUT2D eigenvalue weighted by Crippen LogP contribution is -1.98. The van der Waals surface area contributed by atoms with Gasteiger partial charge in [0.25, 0.3) is 5.22 Å². The van der Waals surface area contributed by atoms with Crippen LogP contribution < -0.4 is 0 Å². The molecule has 4 heteroatoms. The number of carbonyl (C=O) groups excluding carboxylic acids is 1. The Bertz CT molecular complexity index is 534. The van der Waals surface area contributed by atoms with Crippen LogP contribution in [0.1, 0.15) is 29.4 Å². The number of rotatable bonds is 4. The molecule has 0 N–H and O–H groups in total. The Morgan fingerprint density at radius 3 is 2.82 bits per heavy atom. The zero-order valence-corrected chi connectivity index (χ0v) is 10.6. The third kappa shape index (κ3) is 2.77. The van der Waals surface area contributed by atoms with Gasteiger partial charge in [-0.15, -0.1) is 0 Å². The fourth-order valence-corrected chi connectivity index (χ4v) is 2.36. The van der Waals surface area contributed by atoms with Crippen LogP contribution in [-0.2, 0) is 0 Å². The highest BCUT2D eigenvalue weighted by Gasteiger charge is 2.12. The second-order valence-electron chi connectivity index (χ2n) is 3.63. The number of carbonyl (C=O) groups is 1. The molecule has 0 unspecified atom stereocenters. The van der Waals surface area contributed by atoms with Gasteiger partial charge in [-0.3, -0.25) is 4.79 Å². The first-order valence-electron chi connectivity index (χ1n) is 5.43. The molecule has 0 aliphatic heterocycles. The molecule has 0 spiro atoms. The maximum absolute atomic E-state index is 11.8. The van der Waals surface area contributed by atoms with Crippen LogP contribution in [0.3, 0.4) is 0 Å². The van der Waals surface area contributed by atoms with E-state index in [0.717, 1.165) is 16.2 Å². The summed E-state index contributed by atoms with van der Waals surface area (Å²) in [6.45, 7) is 3.73. The van der Waals surface area contributed by atoms with E-state index in [1.807, 2.05) is 38.1 Å². The van der Waals surface area contributed by atoms with E-state index in [0.29, 0.717) is 11.6 Å². The first kappa shape index (κ1) is 11.9. The van der Waals surface area contributed by atoms with E-state index >= 15 is 0 Å². The lowest BCUT2D eigenvalue weighted by Gasteiger charge is -2.04. The van der Waals surface area contributed by atoms with E-state index in [1.165, 1.54) is 11.8 Å². The van der Waals surface area contributed by atoms with Crippen molar-refractivity contribution in [3.63, 3.8) is 0 Å². The Balaban J connectivity index is 2.29. The predicted molar refractivity (Wildman–Crippen MR) is 66.4 cm³/mol. The molecule has 0 aliphatic rings. The van der Waals surface area contributed by atoms with Crippen molar-refractivity contribution < 1.29 is 9.21 Å². The lowest BCUT2D eigenvalue weighted by molar-refractivity contribution is 0.0985. The first-order valence-corrected chi connectivity index (χ1v) is 6.24. The fourth-order valence-electron chi connectivity index (χ4n) is 1.45. The number of oxazole rings is 1. The van der Waals surface area contributed by atoms with Gasteiger partial charge in [0.2, 0.25) is 0 Å². The third-order valence-corrected chi connectivity index (χ3v) is 3.24. The van der Waals surface area contributed by atoms with Crippen molar-refractivity contribution in [1.82, 2.24) is 4.98 Å². The summed E-state index contributed by atoms with van der Waals surface area (Å²) < 4.78 is 5.28. The maximum Gasteiger partial charge on any atom is 0.260 e. The highest BCUT2D eigenvalue weighted by atomic mass is 32.2. The molecule has 1 heterocycles. The molecule has 2 aromatic rings. The van der Waals surface area contributed by atoms with Crippen LogP contribution in [0.15, 0.2) is 45.1 Å². The van der Waals surface area contributed by atoms with Crippen LogP contribution in [0.25, 0.3) is 0 Å². The minimum Gasteiger partial charge on any atom is -0.439 e. The van der Waals surface area contributed by atoms with Gasteiger partial charge in [-0.1, -0.05) is 25.1 Å². The van der Waals surface area contributed by atoms with E-state index in [1.54, 1.807) is 6.26 Å². The molecule has 88 valence electrons. The van der Waals surface area contributed by atoms with Gasteiger partial charge in [-0.2, -0.15) is 0 Å². The summed E-state index contributed by atoms with van der Waals surface area (Å²) in [5.74, 6) is 0.136. The molecule has 3 nitrogen and oxygen atoms in total. The molecule has 0 atom stereocenters. The SMILES string of the molecule is CCC(=O)c1ccccc1Sc1nc(C)co1. The Labute approximate surface area is 104 Å². The van der Waals surface area contributed by atoms with Gasteiger partial charge in [-0.05, 0) is 24.8 Å². The number of aryl methyl sites for hydroxylation is 1. The summed E-state index contributed by atoms with van der Waals surface area (Å²) in [5, 5.41) is 0.568. The smallest absolute Gasteiger partial charge is 0.260 e. The van der Waals surface area contributed by atoms with E-state index in [9.17, 15) is 4.79 Å². The van der Waals surface area contributed by atoms with Gasteiger partial charge >= 0.3 is 0 Å². The van der Waals surface area contributed by atoms with Crippen molar-refractivity contribution in [3.8, 4) is 0 Å². The monoisotopic (exact) mass is 247 g/mol. The van der Waals surface area contributed by atoms with E-state index in [2.05, 4.69) is 4.98 Å². The van der Waals surface area contributed by atoms with Crippen molar-refractivity contribution in [1.29, 1.82) is 0 Å². The molecule has 0 amide bonds. The highest BCUT2D eigenvalue weighted by molar-refractivity contribution is 7.99. The van der Waals surface area contributed by atoms with Crippen molar-refractivity contribution in [2.24, 2.45) is 0 Å². The summed E-state index contributed by atoms with van der Waals surface area (Å²) in [6, 6.07) is 7.52. The van der Waals surface area contributed by atoms with Crippen LogP contribution in [0.2, 0.25) is 0 Å². The summed E-state index contributed by atoms with van der Waals surface area (Å²) in [6.07, 6.45) is 2.11. The van der Waals surface area contributed by atoms with E-state index in [-0.39, 0.29) is 5.78 Å². The topological polar surface area (TPSA) is 43.1 Å². The molecule has 2 rings (SSSR count). The number of Topliss-reactive ketones (excluding diaryl/α,β-unsaturated/α-hetero) is 1. The number of hydrogen-bond acceptors (Lipinski definition) is 4. The summed E-state index contributed by atoms with van der Waals surface area (Å²) in [7, 11) is 0. The van der Waals surface area contributed by atoms with Crippen LogP contribution in [0, 0.1) is 6.92 Å². The molecule has 0 radical (unpaired) electrons. The molecule has 0 aliphatic carbocycles. The number of nitrogens with zero attached hydrogens (tertiary/aromatic N) is 1. The molecule has 0 fully saturated rings. The number of benzene rings is 1. The Morgan fingerprint density at radius 2 is 2.18 bits per heavy atom. The summed E-state index contributed by atoms with van der Waals surface area (Å²) in [5.41, 5.74) is 1.57. The molecule has 1 aromatic carbocycles. The Hall–Kier alpha value is -1.55. The Kier molecular flexibility index (Phi) is 3.64. The number of aromatic nitrogens is 1. The highest BCUT2D eigenvalue weighted by Crippen LogP contribution is 2.30. The molecule has 0 bridgehead atoms. The van der Waals surface area contributed by atoms with Crippen molar-refractivity contribution >= 4 is 17.5 Å². The standard InChI is InChI=1S/C13H13NO2S/c1-3-11(15)10-6-4-5-7-12(10)17-13-14-9(2)8-16-13/h4-8H,3H2,1-2H3. The van der Waals surface area contributed by atoms with E-state index < -0.39 is 0 Å². The molecular weight excluding hydrogens is 234 g/mol. The molecular formula is C13H13NO2S. The third-order valence-electron chi connectivity index (χ3n) is 2.30. The largest absolute Gasteiger partial charge is 0.439 e. The zero-order chi connectivity index (χ0) is 12.3. The van der Waals surface area contributed by atoms with Gasteiger partial charge in [-0.25, -0.2) is 4.98 Å². The van der Waals surface area contributed by atoms with Gasteiger partial charge in [0.05, 0.1) is 5.69 Å². The van der Waals surface area contributed by atoms with Gasteiger partial charge in [0.1, 0.15) is 6.26 Å². The van der Waals surface area contributed by atoms with Crippen LogP contribution in [0.5, 0.6) is 0 Å². The average molecular weight is 247 g/mol. The second kappa shape index (κ2) is 5.19. The quantitative estimate of drug-likeness (QED) is 0.772. The van der Waals surface area contributed by atoms with Gasteiger partial charge in [0, 0.05) is 16.9 Å². The van der Waals surface area contributed by atoms with Gasteiger partial charge < -0.3 is 4.42 Å². The van der Waals surface area contributed by atoms with Crippen molar-refractivity contribution in [3.05, 3.63) is 41.8 Å². The zero-order valence-electron chi connectivity index (χ0n) is 9.77. The van der Waals surface area contributed by atoms with Crippen LogP contribution in [-0.4, -0.2) is 10.8 Å². The first-order chi connectivity index (χ1) is 8.20. The molecule has 0 saturated heterocycles. The molecule has 0 saturated carbocycles. The van der Waals surface area contributed by atoms with E-state index in [4.69, 9.17) is 4.42 Å². The predicted octanol–water partition coefficient (Wildman–Crippen LogP) is 3.73. The van der Waals surface area contributed by atoms with Gasteiger partial charge in [0.15, 0.2) is 5.78 Å². The Morgan fingerprint density at radius 1 is 1.41 bits per heavy atom. The summed E-state index contributed by atoms with van der Waals surface area (Å²) >= 11 is 1.38. The summed E-state index contributed by atoms with van der Waals surface area (Å²) in [4.78, 5) is 16.9. The average Bonchev–Trinajstić information content (AvgIpc) is 2.74. The minimum absolute atomic E-state index is 0.136.